The third-order valence-electron chi connectivity index (χ3n) is 2.67. The number of hydrogen-bond donors (Lipinski definition) is 0. The number of aliphatic imine (C=N–C) groups is 1. The summed E-state index contributed by atoms with van der Waals surface area (Å²) in [5.74, 6) is -0.130. The Balaban J connectivity index is 1.96. The van der Waals surface area contributed by atoms with Crippen molar-refractivity contribution in [3.8, 4) is 0 Å². The first-order valence-electron chi connectivity index (χ1n) is 6.19. The van der Waals surface area contributed by atoms with Crippen LogP contribution in [0.15, 0.2) is 48.3 Å². The summed E-state index contributed by atoms with van der Waals surface area (Å²) in [5.41, 5.74) is 1.08. The second-order valence-electron chi connectivity index (χ2n) is 4.13. The van der Waals surface area contributed by atoms with Crippen molar-refractivity contribution in [2.24, 2.45) is 4.99 Å². The number of rotatable bonds is 6. The lowest BCUT2D eigenvalue weighted by Crippen LogP contribution is -2.02. The van der Waals surface area contributed by atoms with E-state index < -0.39 is 6.29 Å². The van der Waals surface area contributed by atoms with Gasteiger partial charge in [-0.05, 0) is 18.2 Å². The molecule has 0 atom stereocenters. The second kappa shape index (κ2) is 6.98. The van der Waals surface area contributed by atoms with E-state index in [1.54, 1.807) is 12.1 Å². The lowest BCUT2D eigenvalue weighted by atomic mass is 10.1. The van der Waals surface area contributed by atoms with E-state index in [4.69, 9.17) is 14.2 Å². The molecule has 1 saturated heterocycles. The Morgan fingerprint density at radius 2 is 2.20 bits per heavy atom. The van der Waals surface area contributed by atoms with E-state index in [9.17, 15) is 4.39 Å². The fourth-order valence-corrected chi connectivity index (χ4v) is 1.73. The number of benzene rings is 1. The van der Waals surface area contributed by atoms with Gasteiger partial charge in [0.05, 0.1) is 13.2 Å². The smallest absolute Gasteiger partial charge is 0.206 e. The largest absolute Gasteiger partial charge is 0.473 e. The number of hydrogen-bond acceptors (Lipinski definition) is 4. The normalized spacial score (nSPS) is 15.7. The van der Waals surface area contributed by atoms with Crippen molar-refractivity contribution >= 4 is 6.21 Å². The Morgan fingerprint density at radius 3 is 2.85 bits per heavy atom. The monoisotopic (exact) mass is 277 g/mol. The third kappa shape index (κ3) is 3.76. The van der Waals surface area contributed by atoms with Crippen LogP contribution in [-0.4, -0.2) is 19.4 Å². The summed E-state index contributed by atoms with van der Waals surface area (Å²) in [6.07, 6.45) is 2.38. The molecule has 0 aromatic heterocycles. The van der Waals surface area contributed by atoms with Gasteiger partial charge in [-0.15, -0.1) is 0 Å². The molecule has 1 aliphatic heterocycles. The minimum atomic E-state index is -0.614. The summed E-state index contributed by atoms with van der Waals surface area (Å²) in [7, 11) is 0. The zero-order valence-corrected chi connectivity index (χ0v) is 11.0. The van der Waals surface area contributed by atoms with E-state index >= 15 is 0 Å². The number of halogens is 1. The molecule has 1 aliphatic rings. The van der Waals surface area contributed by atoms with Gasteiger partial charge in [-0.2, -0.15) is 0 Å². The Labute approximate surface area is 117 Å². The minimum absolute atomic E-state index is 0.191. The number of ether oxygens (including phenoxy) is 3. The Kier molecular flexibility index (Phi) is 5.03. The quantitative estimate of drug-likeness (QED) is 0.592. The lowest BCUT2D eigenvalue weighted by molar-refractivity contribution is -0.0465. The zero-order chi connectivity index (χ0) is 14.4. The van der Waals surface area contributed by atoms with Crippen molar-refractivity contribution in [2.75, 3.05) is 13.2 Å². The molecule has 20 heavy (non-hydrogen) atoms. The zero-order valence-electron chi connectivity index (χ0n) is 11.0. The summed E-state index contributed by atoms with van der Waals surface area (Å²) in [6, 6.07) is 4.79. The van der Waals surface area contributed by atoms with Gasteiger partial charge in [0.15, 0.2) is 6.29 Å². The number of allylic oxidation sites excluding steroid dienone is 1. The average Bonchev–Trinajstić information content (AvgIpc) is 2.97. The highest BCUT2D eigenvalue weighted by Crippen LogP contribution is 2.26. The standard InChI is InChI=1S/C15H16FNO3/c1-3-6-17-11(2)20-10-12-4-5-13(14(16)9-12)15-18-7-8-19-15/h3-6,9,15H,1-2,7-8,10H2/b17-6-. The van der Waals surface area contributed by atoms with Crippen LogP contribution in [0.5, 0.6) is 0 Å². The molecule has 4 nitrogen and oxygen atoms in total. The summed E-state index contributed by atoms with van der Waals surface area (Å²) in [6.45, 7) is 8.26. The van der Waals surface area contributed by atoms with Crippen LogP contribution in [0.4, 0.5) is 4.39 Å². The highest BCUT2D eigenvalue weighted by molar-refractivity contribution is 5.70. The third-order valence-corrected chi connectivity index (χ3v) is 2.67. The Bertz CT molecular complexity index is 522. The Morgan fingerprint density at radius 1 is 1.45 bits per heavy atom. The van der Waals surface area contributed by atoms with Crippen LogP contribution >= 0.6 is 0 Å². The Hall–Kier alpha value is -1.98. The number of nitrogens with zero attached hydrogens (tertiary/aromatic N) is 1. The van der Waals surface area contributed by atoms with Crippen LogP contribution in [0.2, 0.25) is 0 Å². The molecule has 106 valence electrons. The van der Waals surface area contributed by atoms with E-state index in [0.717, 1.165) is 0 Å². The van der Waals surface area contributed by atoms with Crippen LogP contribution in [0.25, 0.3) is 0 Å². The molecule has 1 heterocycles. The van der Waals surface area contributed by atoms with Crippen LogP contribution in [-0.2, 0) is 20.8 Å². The van der Waals surface area contributed by atoms with Gasteiger partial charge in [0.25, 0.3) is 0 Å². The van der Waals surface area contributed by atoms with E-state index in [1.807, 2.05) is 0 Å². The topological polar surface area (TPSA) is 40.0 Å². The van der Waals surface area contributed by atoms with Crippen molar-refractivity contribution in [1.82, 2.24) is 0 Å². The summed E-state index contributed by atoms with van der Waals surface area (Å²) < 4.78 is 29.8. The maximum absolute atomic E-state index is 13.9. The molecule has 5 heteroatoms. The van der Waals surface area contributed by atoms with Gasteiger partial charge in [-0.1, -0.05) is 24.8 Å². The summed E-state index contributed by atoms with van der Waals surface area (Å²) in [5, 5.41) is 0. The van der Waals surface area contributed by atoms with Crippen molar-refractivity contribution < 1.29 is 18.6 Å². The minimum Gasteiger partial charge on any atom is -0.473 e. The molecule has 0 saturated carbocycles. The molecule has 2 rings (SSSR count). The molecule has 1 aromatic rings. The van der Waals surface area contributed by atoms with Crippen molar-refractivity contribution in [3.63, 3.8) is 0 Å². The van der Waals surface area contributed by atoms with E-state index in [-0.39, 0.29) is 18.3 Å². The summed E-state index contributed by atoms with van der Waals surface area (Å²) in [4.78, 5) is 3.87. The van der Waals surface area contributed by atoms with Crippen LogP contribution in [0, 0.1) is 5.82 Å². The lowest BCUT2D eigenvalue weighted by Gasteiger charge is -2.12. The maximum Gasteiger partial charge on any atom is 0.206 e. The molecule has 1 fully saturated rings. The molecule has 0 radical (unpaired) electrons. The first kappa shape index (κ1) is 14.4. The molecular weight excluding hydrogens is 261 g/mol. The molecule has 0 aliphatic carbocycles. The van der Waals surface area contributed by atoms with Crippen molar-refractivity contribution in [1.29, 1.82) is 0 Å². The molecule has 0 spiro atoms. The van der Waals surface area contributed by atoms with Gasteiger partial charge in [0.1, 0.15) is 12.4 Å². The molecule has 0 unspecified atom stereocenters. The first-order chi connectivity index (χ1) is 9.70. The van der Waals surface area contributed by atoms with Gasteiger partial charge in [0, 0.05) is 11.8 Å². The van der Waals surface area contributed by atoms with Gasteiger partial charge in [0.2, 0.25) is 5.88 Å². The summed E-state index contributed by atoms with van der Waals surface area (Å²) >= 11 is 0. The predicted molar refractivity (Wildman–Crippen MR) is 73.7 cm³/mol. The fourth-order valence-electron chi connectivity index (χ4n) is 1.73. The average molecular weight is 277 g/mol. The van der Waals surface area contributed by atoms with Gasteiger partial charge in [-0.25, -0.2) is 9.38 Å². The molecular formula is C15H16FNO3. The van der Waals surface area contributed by atoms with Crippen LogP contribution in [0.3, 0.4) is 0 Å². The second-order valence-corrected chi connectivity index (χ2v) is 4.13. The highest BCUT2D eigenvalue weighted by Gasteiger charge is 2.21. The van der Waals surface area contributed by atoms with Crippen molar-refractivity contribution in [3.05, 3.63) is 60.3 Å². The van der Waals surface area contributed by atoms with Gasteiger partial charge < -0.3 is 14.2 Å². The van der Waals surface area contributed by atoms with Gasteiger partial charge >= 0.3 is 0 Å². The van der Waals surface area contributed by atoms with E-state index in [1.165, 1.54) is 18.4 Å². The maximum atomic E-state index is 13.9. The molecule has 0 bridgehead atoms. The molecule has 0 amide bonds. The van der Waals surface area contributed by atoms with Gasteiger partial charge in [-0.3, -0.25) is 0 Å². The predicted octanol–water partition coefficient (Wildman–Crippen LogP) is 3.12. The van der Waals surface area contributed by atoms with Crippen molar-refractivity contribution in [2.45, 2.75) is 12.9 Å². The first-order valence-corrected chi connectivity index (χ1v) is 6.19. The van der Waals surface area contributed by atoms with Crippen LogP contribution < -0.4 is 0 Å². The van der Waals surface area contributed by atoms with E-state index in [0.29, 0.717) is 24.3 Å². The molecule has 1 aromatic carbocycles. The SMILES string of the molecule is C=C/C=N\C(=C)OCc1ccc(C2OCCO2)c(F)c1. The van der Waals surface area contributed by atoms with Crippen LogP contribution in [0.1, 0.15) is 17.4 Å². The highest BCUT2D eigenvalue weighted by atomic mass is 19.1. The van der Waals surface area contributed by atoms with E-state index in [2.05, 4.69) is 18.2 Å². The molecule has 0 N–H and O–H groups in total. The fraction of sp³-hybridized carbons (Fsp3) is 0.267.